The van der Waals surface area contributed by atoms with Crippen LogP contribution in [0.5, 0.6) is 0 Å². The van der Waals surface area contributed by atoms with Crippen LogP contribution in [0, 0.1) is 0 Å². The van der Waals surface area contributed by atoms with Crippen LogP contribution in [-0.4, -0.2) is 46.4 Å². The fraction of sp³-hybridized carbons (Fsp3) is 0.364. The SMILES string of the molecule is CC(C)n1cc(CN2CC3c4cc(-c5cccnc5)ccc4S(=O)(=O)C3C2)cn1. The quantitative estimate of drug-likeness (QED) is 0.663. The van der Waals surface area contributed by atoms with E-state index in [2.05, 4.69) is 41.1 Å². The second-order valence-electron chi connectivity index (χ2n) is 8.30. The first-order valence-corrected chi connectivity index (χ1v) is 11.5. The minimum absolute atomic E-state index is 0.0202. The van der Waals surface area contributed by atoms with E-state index < -0.39 is 9.84 Å². The highest BCUT2D eigenvalue weighted by molar-refractivity contribution is 7.92. The molecule has 7 heteroatoms. The van der Waals surface area contributed by atoms with Crippen molar-refractivity contribution in [2.75, 3.05) is 13.1 Å². The monoisotopic (exact) mass is 408 g/mol. The number of sulfone groups is 1. The lowest BCUT2D eigenvalue weighted by atomic mass is 9.95. The smallest absolute Gasteiger partial charge is 0.183 e. The number of fused-ring (bicyclic) bond motifs is 3. The van der Waals surface area contributed by atoms with Crippen molar-refractivity contribution in [1.82, 2.24) is 19.7 Å². The molecule has 3 aromatic rings. The summed E-state index contributed by atoms with van der Waals surface area (Å²) in [6.07, 6.45) is 7.50. The van der Waals surface area contributed by atoms with Gasteiger partial charge >= 0.3 is 0 Å². The number of hydrogen-bond acceptors (Lipinski definition) is 5. The second-order valence-corrected chi connectivity index (χ2v) is 10.4. The Bertz CT molecular complexity index is 1150. The van der Waals surface area contributed by atoms with E-state index in [9.17, 15) is 8.42 Å². The summed E-state index contributed by atoms with van der Waals surface area (Å²) < 4.78 is 28.2. The molecule has 150 valence electrons. The van der Waals surface area contributed by atoms with Gasteiger partial charge < -0.3 is 0 Å². The molecule has 2 aliphatic rings. The Labute approximate surface area is 171 Å². The van der Waals surface area contributed by atoms with Gasteiger partial charge in [0.2, 0.25) is 0 Å². The summed E-state index contributed by atoms with van der Waals surface area (Å²) in [5.74, 6) is 0.0202. The lowest BCUT2D eigenvalue weighted by Crippen LogP contribution is -2.25. The molecular formula is C22H24N4O2S. The van der Waals surface area contributed by atoms with Gasteiger partial charge in [0.25, 0.3) is 0 Å². The lowest BCUT2D eigenvalue weighted by molar-refractivity contribution is 0.325. The number of nitrogens with zero attached hydrogens (tertiary/aromatic N) is 4. The van der Waals surface area contributed by atoms with Crippen LogP contribution in [0.4, 0.5) is 0 Å². The third kappa shape index (κ3) is 3.09. The van der Waals surface area contributed by atoms with Gasteiger partial charge in [0.05, 0.1) is 16.3 Å². The van der Waals surface area contributed by atoms with Gasteiger partial charge in [-0.05, 0) is 48.7 Å². The molecule has 0 radical (unpaired) electrons. The van der Waals surface area contributed by atoms with Crippen molar-refractivity contribution in [2.45, 2.75) is 42.5 Å². The molecule has 5 rings (SSSR count). The van der Waals surface area contributed by atoms with E-state index in [-0.39, 0.29) is 11.2 Å². The average molecular weight is 409 g/mol. The molecule has 0 saturated carbocycles. The molecule has 1 saturated heterocycles. The summed E-state index contributed by atoms with van der Waals surface area (Å²) in [5.41, 5.74) is 4.11. The van der Waals surface area contributed by atoms with Gasteiger partial charge in [-0.1, -0.05) is 12.1 Å². The Morgan fingerprint density at radius 2 is 2.00 bits per heavy atom. The fourth-order valence-electron chi connectivity index (χ4n) is 4.57. The third-order valence-corrected chi connectivity index (χ3v) is 8.30. The zero-order valence-electron chi connectivity index (χ0n) is 16.6. The zero-order chi connectivity index (χ0) is 20.2. The molecular weight excluding hydrogens is 384 g/mol. The average Bonchev–Trinajstić information content (AvgIpc) is 3.40. The van der Waals surface area contributed by atoms with Crippen molar-refractivity contribution in [1.29, 1.82) is 0 Å². The second kappa shape index (κ2) is 6.78. The Kier molecular flexibility index (Phi) is 4.33. The number of pyridine rings is 1. The predicted octanol–water partition coefficient (Wildman–Crippen LogP) is 3.28. The highest BCUT2D eigenvalue weighted by Crippen LogP contribution is 2.46. The molecule has 29 heavy (non-hydrogen) atoms. The molecule has 4 heterocycles. The molecule has 0 N–H and O–H groups in total. The van der Waals surface area contributed by atoms with Gasteiger partial charge in [0.15, 0.2) is 9.84 Å². The Morgan fingerprint density at radius 1 is 1.14 bits per heavy atom. The van der Waals surface area contributed by atoms with Crippen molar-refractivity contribution in [3.05, 3.63) is 66.2 Å². The van der Waals surface area contributed by atoms with E-state index in [1.54, 1.807) is 12.3 Å². The van der Waals surface area contributed by atoms with Gasteiger partial charge in [0, 0.05) is 55.7 Å². The van der Waals surface area contributed by atoms with E-state index in [0.717, 1.165) is 35.3 Å². The largest absolute Gasteiger partial charge is 0.297 e. The van der Waals surface area contributed by atoms with Gasteiger partial charge in [-0.3, -0.25) is 14.6 Å². The number of likely N-dealkylation sites (tertiary alicyclic amines) is 1. The number of aromatic nitrogens is 3. The molecule has 0 aliphatic carbocycles. The molecule has 0 bridgehead atoms. The highest BCUT2D eigenvalue weighted by Gasteiger charge is 2.50. The summed E-state index contributed by atoms with van der Waals surface area (Å²) in [7, 11) is -3.29. The summed E-state index contributed by atoms with van der Waals surface area (Å²) in [6, 6.07) is 9.95. The predicted molar refractivity (Wildman–Crippen MR) is 111 cm³/mol. The van der Waals surface area contributed by atoms with Gasteiger partial charge in [-0.2, -0.15) is 5.10 Å². The van der Waals surface area contributed by atoms with Crippen LogP contribution in [0.3, 0.4) is 0 Å². The molecule has 1 fully saturated rings. The fourth-order valence-corrected chi connectivity index (χ4v) is 6.76. The first-order valence-electron chi connectivity index (χ1n) is 9.97. The normalized spacial score (nSPS) is 22.7. The van der Waals surface area contributed by atoms with E-state index >= 15 is 0 Å². The number of hydrogen-bond donors (Lipinski definition) is 0. The third-order valence-electron chi connectivity index (χ3n) is 6.04. The Balaban J connectivity index is 1.43. The van der Waals surface area contributed by atoms with Crippen LogP contribution >= 0.6 is 0 Å². The minimum atomic E-state index is -3.29. The molecule has 6 nitrogen and oxygen atoms in total. The van der Waals surface area contributed by atoms with Crippen LogP contribution in [0.25, 0.3) is 11.1 Å². The Morgan fingerprint density at radius 3 is 2.72 bits per heavy atom. The van der Waals surface area contributed by atoms with E-state index in [0.29, 0.717) is 17.5 Å². The van der Waals surface area contributed by atoms with Crippen molar-refractivity contribution < 1.29 is 8.42 Å². The lowest BCUT2D eigenvalue weighted by Gasteiger charge is -2.16. The summed E-state index contributed by atoms with van der Waals surface area (Å²) >= 11 is 0. The first-order chi connectivity index (χ1) is 13.9. The van der Waals surface area contributed by atoms with E-state index in [1.165, 1.54) is 0 Å². The van der Waals surface area contributed by atoms with E-state index in [1.807, 2.05) is 35.3 Å². The Hall–Kier alpha value is -2.51. The zero-order valence-corrected chi connectivity index (χ0v) is 17.4. The first kappa shape index (κ1) is 18.5. The van der Waals surface area contributed by atoms with Crippen molar-refractivity contribution in [2.24, 2.45) is 0 Å². The molecule has 2 aromatic heterocycles. The molecule has 0 spiro atoms. The van der Waals surface area contributed by atoms with Gasteiger partial charge in [-0.15, -0.1) is 0 Å². The van der Waals surface area contributed by atoms with Crippen LogP contribution < -0.4 is 0 Å². The maximum atomic E-state index is 13.1. The maximum Gasteiger partial charge on any atom is 0.183 e. The minimum Gasteiger partial charge on any atom is -0.297 e. The van der Waals surface area contributed by atoms with Crippen molar-refractivity contribution in [3.8, 4) is 11.1 Å². The summed E-state index contributed by atoms with van der Waals surface area (Å²) in [5, 5.41) is 4.05. The standard InChI is InChI=1S/C22H24N4O2S/c1-15(2)26-12-16(9-24-26)11-25-13-20-19-8-17(18-4-3-7-23-10-18)5-6-21(19)29(27,28)22(20)14-25/h3-10,12,15,20,22H,11,13-14H2,1-2H3. The molecule has 2 aliphatic heterocycles. The van der Waals surface area contributed by atoms with Crippen molar-refractivity contribution in [3.63, 3.8) is 0 Å². The van der Waals surface area contributed by atoms with E-state index in [4.69, 9.17) is 0 Å². The molecule has 0 amide bonds. The van der Waals surface area contributed by atoms with Crippen molar-refractivity contribution >= 4 is 9.84 Å². The van der Waals surface area contributed by atoms with Gasteiger partial charge in [0.1, 0.15) is 0 Å². The van der Waals surface area contributed by atoms with Gasteiger partial charge in [-0.25, -0.2) is 8.42 Å². The van der Waals surface area contributed by atoms with Crippen LogP contribution in [0.15, 0.2) is 60.0 Å². The molecule has 2 atom stereocenters. The molecule has 2 unspecified atom stereocenters. The maximum absolute atomic E-state index is 13.1. The van der Waals surface area contributed by atoms with Crippen LogP contribution in [-0.2, 0) is 16.4 Å². The number of rotatable bonds is 4. The van der Waals surface area contributed by atoms with Crippen LogP contribution in [0.2, 0.25) is 0 Å². The topological polar surface area (TPSA) is 68.1 Å². The summed E-state index contributed by atoms with van der Waals surface area (Å²) in [4.78, 5) is 6.94. The molecule has 1 aromatic carbocycles. The summed E-state index contributed by atoms with van der Waals surface area (Å²) in [6.45, 7) is 6.24. The van der Waals surface area contributed by atoms with Crippen LogP contribution in [0.1, 0.15) is 36.9 Å². The number of benzene rings is 1. The highest BCUT2D eigenvalue weighted by atomic mass is 32.2.